The molecule has 120 valence electrons. The van der Waals surface area contributed by atoms with Gasteiger partial charge in [0.05, 0.1) is 17.3 Å². The Kier molecular flexibility index (Phi) is 3.32. The largest absolute Gasteiger partial charge is 0.327 e. The number of rotatable bonds is 1. The number of pyridine rings is 1. The van der Waals surface area contributed by atoms with Gasteiger partial charge in [-0.1, -0.05) is 0 Å². The first-order valence-corrected chi connectivity index (χ1v) is 7.67. The molecule has 2 atom stereocenters. The third-order valence-electron chi connectivity index (χ3n) is 4.65. The molecule has 24 heavy (non-hydrogen) atoms. The summed E-state index contributed by atoms with van der Waals surface area (Å²) < 4.78 is 29.6. The maximum Gasteiger partial charge on any atom is 0.138 e. The number of aromatic nitrogens is 2. The summed E-state index contributed by atoms with van der Waals surface area (Å²) in [6, 6.07) is 8.64. The van der Waals surface area contributed by atoms with Gasteiger partial charge in [-0.05, 0) is 42.3 Å². The van der Waals surface area contributed by atoms with E-state index in [1.54, 1.807) is 18.3 Å². The van der Waals surface area contributed by atoms with Gasteiger partial charge in [0.25, 0.3) is 0 Å². The number of imidazole rings is 1. The zero-order valence-corrected chi connectivity index (χ0v) is 12.7. The first-order valence-electron chi connectivity index (χ1n) is 7.67. The van der Waals surface area contributed by atoms with Crippen LogP contribution in [0.15, 0.2) is 36.5 Å². The maximum absolute atomic E-state index is 14.1. The summed E-state index contributed by atoms with van der Waals surface area (Å²) in [5.41, 5.74) is 9.55. The number of nitrogens with zero attached hydrogens (tertiary/aromatic N) is 3. The number of fused-ring (bicyclic) bond motifs is 3. The van der Waals surface area contributed by atoms with Gasteiger partial charge in [-0.25, -0.2) is 13.8 Å². The molecule has 1 aliphatic carbocycles. The van der Waals surface area contributed by atoms with Crippen molar-refractivity contribution in [3.8, 4) is 6.07 Å². The van der Waals surface area contributed by atoms with Crippen molar-refractivity contribution in [2.24, 2.45) is 5.73 Å². The molecule has 4 nitrogen and oxygen atoms in total. The molecule has 3 aromatic rings. The van der Waals surface area contributed by atoms with Crippen LogP contribution in [0.1, 0.15) is 28.4 Å². The minimum Gasteiger partial charge on any atom is -0.327 e. The minimum atomic E-state index is -0.474. The van der Waals surface area contributed by atoms with E-state index in [9.17, 15) is 8.78 Å². The molecule has 0 radical (unpaired) electrons. The Balaban J connectivity index is 1.79. The molecule has 2 aromatic heterocycles. The van der Waals surface area contributed by atoms with E-state index in [0.29, 0.717) is 29.6 Å². The number of halogens is 2. The first-order chi connectivity index (χ1) is 11.6. The lowest BCUT2D eigenvalue weighted by atomic mass is 9.80. The summed E-state index contributed by atoms with van der Waals surface area (Å²) in [5, 5.41) is 9.01. The standard InChI is InChI=1S/C18H14F2N4/c19-11-1-2-14(20)12(6-11)13-7-16-17(8-15(13)22)24-4-3-10(9-21)5-18(24)23-16/h1-6,13,15H,7-8,22H2/t13-,15+/m1/s1. The van der Waals surface area contributed by atoms with Crippen molar-refractivity contribution < 1.29 is 8.78 Å². The summed E-state index contributed by atoms with van der Waals surface area (Å²) in [6.07, 6.45) is 2.76. The topological polar surface area (TPSA) is 67.1 Å². The molecule has 0 amide bonds. The highest BCUT2D eigenvalue weighted by Gasteiger charge is 2.32. The Morgan fingerprint density at radius 3 is 2.83 bits per heavy atom. The summed E-state index contributed by atoms with van der Waals surface area (Å²) in [5.74, 6) is -1.25. The van der Waals surface area contributed by atoms with Crippen molar-refractivity contribution in [3.05, 3.63) is 70.7 Å². The van der Waals surface area contributed by atoms with E-state index >= 15 is 0 Å². The normalized spacial score (nSPS) is 19.9. The van der Waals surface area contributed by atoms with E-state index in [-0.39, 0.29) is 12.0 Å². The van der Waals surface area contributed by atoms with Gasteiger partial charge in [-0.2, -0.15) is 5.26 Å². The SMILES string of the molecule is N#Cc1ccn2c3c(nc2c1)C[C@H](c1cc(F)ccc1F)[C@@H](N)C3. The van der Waals surface area contributed by atoms with Crippen LogP contribution in [0.25, 0.3) is 5.65 Å². The molecule has 0 spiro atoms. The fraction of sp³-hybridized carbons (Fsp3) is 0.222. The highest BCUT2D eigenvalue weighted by Crippen LogP contribution is 2.34. The maximum atomic E-state index is 14.1. The van der Waals surface area contributed by atoms with Crippen LogP contribution in [0.2, 0.25) is 0 Å². The zero-order valence-electron chi connectivity index (χ0n) is 12.7. The highest BCUT2D eigenvalue weighted by atomic mass is 19.1. The van der Waals surface area contributed by atoms with Gasteiger partial charge < -0.3 is 10.1 Å². The van der Waals surface area contributed by atoms with Gasteiger partial charge in [0.1, 0.15) is 17.3 Å². The van der Waals surface area contributed by atoms with E-state index in [1.807, 2.05) is 4.40 Å². The van der Waals surface area contributed by atoms with E-state index in [0.717, 1.165) is 23.5 Å². The van der Waals surface area contributed by atoms with Crippen molar-refractivity contribution in [1.29, 1.82) is 5.26 Å². The van der Waals surface area contributed by atoms with E-state index < -0.39 is 11.6 Å². The number of nitriles is 1. The van der Waals surface area contributed by atoms with Gasteiger partial charge in [0, 0.05) is 30.3 Å². The number of hydrogen-bond donors (Lipinski definition) is 1. The van der Waals surface area contributed by atoms with Crippen molar-refractivity contribution >= 4 is 5.65 Å². The second kappa shape index (κ2) is 5.39. The van der Waals surface area contributed by atoms with Gasteiger partial charge in [-0.3, -0.25) is 0 Å². The van der Waals surface area contributed by atoms with E-state index in [1.165, 1.54) is 6.07 Å². The molecule has 1 aromatic carbocycles. The van der Waals surface area contributed by atoms with Crippen molar-refractivity contribution in [2.75, 3.05) is 0 Å². The quantitative estimate of drug-likeness (QED) is 0.748. The monoisotopic (exact) mass is 324 g/mol. The molecule has 0 saturated carbocycles. The lowest BCUT2D eigenvalue weighted by Crippen LogP contribution is -2.36. The Morgan fingerprint density at radius 2 is 2.04 bits per heavy atom. The lowest BCUT2D eigenvalue weighted by Gasteiger charge is -2.29. The molecular weight excluding hydrogens is 310 g/mol. The predicted molar refractivity (Wildman–Crippen MR) is 84.4 cm³/mol. The predicted octanol–water partition coefficient (Wildman–Crippen LogP) is 2.69. The average Bonchev–Trinajstić information content (AvgIpc) is 2.93. The van der Waals surface area contributed by atoms with Gasteiger partial charge in [-0.15, -0.1) is 0 Å². The van der Waals surface area contributed by atoms with Gasteiger partial charge >= 0.3 is 0 Å². The molecule has 0 fully saturated rings. The van der Waals surface area contributed by atoms with Crippen LogP contribution in [0.5, 0.6) is 0 Å². The molecule has 0 unspecified atom stereocenters. The van der Waals surface area contributed by atoms with Crippen LogP contribution in [0, 0.1) is 23.0 Å². The van der Waals surface area contributed by atoms with Crippen molar-refractivity contribution in [3.63, 3.8) is 0 Å². The van der Waals surface area contributed by atoms with Crippen LogP contribution >= 0.6 is 0 Å². The Morgan fingerprint density at radius 1 is 1.21 bits per heavy atom. The fourth-order valence-electron chi connectivity index (χ4n) is 3.46. The third kappa shape index (κ3) is 2.25. The Hall–Kier alpha value is -2.78. The van der Waals surface area contributed by atoms with Crippen molar-refractivity contribution in [1.82, 2.24) is 9.38 Å². The number of benzene rings is 1. The molecule has 0 bridgehead atoms. The molecule has 0 saturated heterocycles. The second-order valence-electron chi connectivity index (χ2n) is 6.11. The summed E-state index contributed by atoms with van der Waals surface area (Å²) >= 11 is 0. The zero-order chi connectivity index (χ0) is 16.8. The molecule has 4 rings (SSSR count). The van der Waals surface area contributed by atoms with Crippen LogP contribution in [-0.4, -0.2) is 15.4 Å². The molecule has 1 aliphatic rings. The Bertz CT molecular complexity index is 987. The lowest BCUT2D eigenvalue weighted by molar-refractivity contribution is 0.460. The van der Waals surface area contributed by atoms with Crippen LogP contribution < -0.4 is 5.73 Å². The van der Waals surface area contributed by atoms with E-state index in [4.69, 9.17) is 11.0 Å². The van der Waals surface area contributed by atoms with Crippen LogP contribution in [0.4, 0.5) is 8.78 Å². The Labute approximate surface area is 137 Å². The highest BCUT2D eigenvalue weighted by molar-refractivity contribution is 5.50. The molecule has 0 aliphatic heterocycles. The van der Waals surface area contributed by atoms with Gasteiger partial charge in [0.2, 0.25) is 0 Å². The fourth-order valence-corrected chi connectivity index (χ4v) is 3.46. The minimum absolute atomic E-state index is 0.294. The average molecular weight is 324 g/mol. The van der Waals surface area contributed by atoms with Crippen LogP contribution in [0.3, 0.4) is 0 Å². The number of hydrogen-bond acceptors (Lipinski definition) is 3. The third-order valence-corrected chi connectivity index (χ3v) is 4.65. The molecular formula is C18H14F2N4. The molecule has 2 heterocycles. The smallest absolute Gasteiger partial charge is 0.138 e. The summed E-state index contributed by atoms with van der Waals surface area (Å²) in [4.78, 5) is 4.56. The summed E-state index contributed by atoms with van der Waals surface area (Å²) in [7, 11) is 0. The molecule has 6 heteroatoms. The second-order valence-corrected chi connectivity index (χ2v) is 6.11. The first kappa shape index (κ1) is 14.8. The van der Waals surface area contributed by atoms with Crippen molar-refractivity contribution in [2.45, 2.75) is 24.8 Å². The summed E-state index contributed by atoms with van der Waals surface area (Å²) in [6.45, 7) is 0. The number of nitrogens with two attached hydrogens (primary N) is 1. The van der Waals surface area contributed by atoms with Crippen LogP contribution in [-0.2, 0) is 12.8 Å². The van der Waals surface area contributed by atoms with Gasteiger partial charge in [0.15, 0.2) is 0 Å². The molecule has 2 N–H and O–H groups in total. The van der Waals surface area contributed by atoms with E-state index in [2.05, 4.69) is 11.1 Å².